The summed E-state index contributed by atoms with van der Waals surface area (Å²) in [5.74, 6) is 0.686. The van der Waals surface area contributed by atoms with Crippen LogP contribution in [0.15, 0.2) is 24.3 Å². The fourth-order valence-electron chi connectivity index (χ4n) is 1.63. The molecule has 0 saturated heterocycles. The maximum atomic E-state index is 12.0. The molecule has 0 radical (unpaired) electrons. The van der Waals surface area contributed by atoms with Crippen molar-refractivity contribution < 1.29 is 13.5 Å². The summed E-state index contributed by atoms with van der Waals surface area (Å²) >= 11 is 0. The van der Waals surface area contributed by atoms with Crippen LogP contribution >= 0.6 is 12.4 Å². The van der Waals surface area contributed by atoms with E-state index in [0.717, 1.165) is 18.4 Å². The molecule has 1 fully saturated rings. The third-order valence-electron chi connectivity index (χ3n) is 2.60. The molecule has 0 unspecified atom stereocenters. The van der Waals surface area contributed by atoms with E-state index in [-0.39, 0.29) is 24.2 Å². The van der Waals surface area contributed by atoms with Crippen LogP contribution in [0.2, 0.25) is 0 Å². The molecule has 2 rings (SSSR count). The highest BCUT2D eigenvalue weighted by Crippen LogP contribution is 2.39. The summed E-state index contributed by atoms with van der Waals surface area (Å²) in [7, 11) is 0. The minimum Gasteiger partial charge on any atom is -0.435 e. The van der Waals surface area contributed by atoms with Gasteiger partial charge in [0.2, 0.25) is 0 Å². The average molecular weight is 250 g/mol. The number of ether oxygens (including phenoxy) is 1. The van der Waals surface area contributed by atoms with Crippen molar-refractivity contribution in [1.29, 1.82) is 0 Å². The van der Waals surface area contributed by atoms with Gasteiger partial charge in [0.15, 0.2) is 0 Å². The number of benzene rings is 1. The molecule has 0 amide bonds. The zero-order valence-electron chi connectivity index (χ0n) is 8.61. The van der Waals surface area contributed by atoms with Crippen LogP contribution < -0.4 is 10.5 Å². The summed E-state index contributed by atoms with van der Waals surface area (Å²) in [6.07, 6.45) is 2.25. The SMILES string of the molecule is Cl.N[C@@H](c1cccc(OC(F)F)c1)C1CC1. The predicted octanol–water partition coefficient (Wildman–Crippen LogP) is 3.12. The third kappa shape index (κ3) is 3.32. The Morgan fingerprint density at radius 3 is 2.56 bits per heavy atom. The summed E-state index contributed by atoms with van der Waals surface area (Å²) in [6.45, 7) is -2.78. The zero-order chi connectivity index (χ0) is 10.8. The van der Waals surface area contributed by atoms with Crippen LogP contribution in [0.4, 0.5) is 8.78 Å². The van der Waals surface area contributed by atoms with Crippen molar-refractivity contribution in [1.82, 2.24) is 0 Å². The second kappa shape index (κ2) is 5.46. The molecule has 0 spiro atoms. The van der Waals surface area contributed by atoms with Gasteiger partial charge in [0.05, 0.1) is 0 Å². The Morgan fingerprint density at radius 2 is 2.00 bits per heavy atom. The molecule has 0 aliphatic heterocycles. The van der Waals surface area contributed by atoms with Crippen LogP contribution in [0.5, 0.6) is 5.75 Å². The Labute approximate surface area is 99.2 Å². The molecule has 0 bridgehead atoms. The van der Waals surface area contributed by atoms with Crippen molar-refractivity contribution in [2.75, 3.05) is 0 Å². The maximum Gasteiger partial charge on any atom is 0.387 e. The molecule has 90 valence electrons. The van der Waals surface area contributed by atoms with E-state index in [1.54, 1.807) is 12.1 Å². The van der Waals surface area contributed by atoms with E-state index in [4.69, 9.17) is 5.73 Å². The number of rotatable bonds is 4. The standard InChI is InChI=1S/C11H13F2NO.ClH/c12-11(13)15-9-3-1-2-8(6-9)10(14)7-4-5-7;/h1-3,6-7,10-11H,4-5,14H2;1H/t10-;/m1./s1. The van der Waals surface area contributed by atoms with Gasteiger partial charge in [0.1, 0.15) is 5.75 Å². The second-order valence-corrected chi connectivity index (χ2v) is 3.81. The number of alkyl halides is 2. The summed E-state index contributed by atoms with van der Waals surface area (Å²) in [4.78, 5) is 0. The van der Waals surface area contributed by atoms with Crippen molar-refractivity contribution in [2.45, 2.75) is 25.5 Å². The average Bonchev–Trinajstić information content (AvgIpc) is 2.99. The van der Waals surface area contributed by atoms with Crippen LogP contribution in [-0.4, -0.2) is 6.61 Å². The summed E-state index contributed by atoms with van der Waals surface area (Å²) in [5.41, 5.74) is 6.83. The quantitative estimate of drug-likeness (QED) is 0.890. The van der Waals surface area contributed by atoms with E-state index in [9.17, 15) is 8.78 Å². The van der Waals surface area contributed by atoms with E-state index in [0.29, 0.717) is 5.92 Å². The second-order valence-electron chi connectivity index (χ2n) is 3.81. The highest BCUT2D eigenvalue weighted by atomic mass is 35.5. The highest BCUT2D eigenvalue weighted by molar-refractivity contribution is 5.85. The van der Waals surface area contributed by atoms with E-state index in [1.807, 2.05) is 6.07 Å². The summed E-state index contributed by atoms with van der Waals surface area (Å²) < 4.78 is 28.3. The van der Waals surface area contributed by atoms with Gasteiger partial charge in [0.25, 0.3) is 0 Å². The zero-order valence-corrected chi connectivity index (χ0v) is 9.42. The first-order valence-electron chi connectivity index (χ1n) is 4.97. The van der Waals surface area contributed by atoms with Crippen molar-refractivity contribution >= 4 is 12.4 Å². The van der Waals surface area contributed by atoms with Gasteiger partial charge in [-0.15, -0.1) is 12.4 Å². The first-order valence-corrected chi connectivity index (χ1v) is 4.97. The fourth-order valence-corrected chi connectivity index (χ4v) is 1.63. The van der Waals surface area contributed by atoms with Crippen molar-refractivity contribution in [3.05, 3.63) is 29.8 Å². The first kappa shape index (κ1) is 13.2. The van der Waals surface area contributed by atoms with E-state index in [2.05, 4.69) is 4.74 Å². The molecule has 2 N–H and O–H groups in total. The molecule has 2 nitrogen and oxygen atoms in total. The molecular weight excluding hydrogens is 236 g/mol. The molecule has 0 heterocycles. The van der Waals surface area contributed by atoms with Crippen LogP contribution in [0.25, 0.3) is 0 Å². The first-order chi connectivity index (χ1) is 7.16. The van der Waals surface area contributed by atoms with Gasteiger partial charge in [0, 0.05) is 6.04 Å². The number of nitrogens with two attached hydrogens (primary N) is 1. The Hall–Kier alpha value is -0.870. The normalized spacial score (nSPS) is 16.8. The third-order valence-corrected chi connectivity index (χ3v) is 2.60. The molecule has 16 heavy (non-hydrogen) atoms. The van der Waals surface area contributed by atoms with Gasteiger partial charge in [-0.1, -0.05) is 12.1 Å². The lowest BCUT2D eigenvalue weighted by molar-refractivity contribution is -0.0499. The van der Waals surface area contributed by atoms with Crippen molar-refractivity contribution in [3.8, 4) is 5.75 Å². The van der Waals surface area contributed by atoms with Crippen LogP contribution in [0, 0.1) is 5.92 Å². The number of hydrogen-bond donors (Lipinski definition) is 1. The lowest BCUT2D eigenvalue weighted by Gasteiger charge is -2.12. The number of halogens is 3. The summed E-state index contributed by atoms with van der Waals surface area (Å²) in [6, 6.07) is 6.59. The Kier molecular flexibility index (Phi) is 4.50. The van der Waals surface area contributed by atoms with Gasteiger partial charge in [-0.05, 0) is 36.5 Å². The predicted molar refractivity (Wildman–Crippen MR) is 60.0 cm³/mol. The highest BCUT2D eigenvalue weighted by Gasteiger charge is 2.29. The van der Waals surface area contributed by atoms with Gasteiger partial charge >= 0.3 is 6.61 Å². The Balaban J connectivity index is 0.00000128. The number of hydrogen-bond acceptors (Lipinski definition) is 2. The topological polar surface area (TPSA) is 35.2 Å². The Morgan fingerprint density at radius 1 is 1.31 bits per heavy atom. The van der Waals surface area contributed by atoms with Crippen molar-refractivity contribution in [2.24, 2.45) is 11.7 Å². The van der Waals surface area contributed by atoms with Crippen LogP contribution in [-0.2, 0) is 0 Å². The largest absolute Gasteiger partial charge is 0.435 e. The van der Waals surface area contributed by atoms with Gasteiger partial charge < -0.3 is 10.5 Å². The van der Waals surface area contributed by atoms with E-state index < -0.39 is 6.61 Å². The lowest BCUT2D eigenvalue weighted by atomic mass is 10.0. The minimum absolute atomic E-state index is 0. The minimum atomic E-state index is -2.78. The summed E-state index contributed by atoms with van der Waals surface area (Å²) in [5, 5.41) is 0. The monoisotopic (exact) mass is 249 g/mol. The van der Waals surface area contributed by atoms with Crippen LogP contribution in [0.1, 0.15) is 24.4 Å². The van der Waals surface area contributed by atoms with E-state index >= 15 is 0 Å². The molecule has 1 aliphatic carbocycles. The molecule has 1 aromatic carbocycles. The Bertz CT molecular complexity index is 345. The molecule has 5 heteroatoms. The molecule has 1 saturated carbocycles. The van der Waals surface area contributed by atoms with Crippen molar-refractivity contribution in [3.63, 3.8) is 0 Å². The molecule has 1 atom stereocenters. The van der Waals surface area contributed by atoms with Crippen LogP contribution in [0.3, 0.4) is 0 Å². The molecule has 0 aromatic heterocycles. The van der Waals surface area contributed by atoms with Gasteiger partial charge in [-0.25, -0.2) is 0 Å². The van der Waals surface area contributed by atoms with Gasteiger partial charge in [-0.2, -0.15) is 8.78 Å². The molecule has 1 aromatic rings. The van der Waals surface area contributed by atoms with E-state index in [1.165, 1.54) is 6.07 Å². The van der Waals surface area contributed by atoms with Gasteiger partial charge in [-0.3, -0.25) is 0 Å². The lowest BCUT2D eigenvalue weighted by Crippen LogP contribution is -2.12. The smallest absolute Gasteiger partial charge is 0.387 e. The molecule has 1 aliphatic rings. The fraction of sp³-hybridized carbons (Fsp3) is 0.455. The molecular formula is C11H14ClF2NO. The maximum absolute atomic E-state index is 12.0.